The van der Waals surface area contributed by atoms with E-state index in [0.717, 1.165) is 17.8 Å². The van der Waals surface area contributed by atoms with Crippen molar-refractivity contribution < 1.29 is 14.3 Å². The minimum Gasteiger partial charge on any atom is -0.463 e. The van der Waals surface area contributed by atoms with Crippen molar-refractivity contribution in [3.05, 3.63) is 0 Å². The molecule has 0 aromatic heterocycles. The van der Waals surface area contributed by atoms with Crippen LogP contribution >= 0.6 is 0 Å². The fraction of sp³-hybridized carbons (Fsp3) is 0.944. The summed E-state index contributed by atoms with van der Waals surface area (Å²) in [7, 11) is 0. The molecule has 3 unspecified atom stereocenters. The summed E-state index contributed by atoms with van der Waals surface area (Å²) in [6.07, 6.45) is 11.7. The summed E-state index contributed by atoms with van der Waals surface area (Å²) >= 11 is 0. The quantitative estimate of drug-likeness (QED) is 0.493. The van der Waals surface area contributed by atoms with Gasteiger partial charge in [0.2, 0.25) is 0 Å². The van der Waals surface area contributed by atoms with Gasteiger partial charge >= 0.3 is 5.97 Å². The lowest BCUT2D eigenvalue weighted by Gasteiger charge is -2.29. The molecular formula is C18H32O3. The van der Waals surface area contributed by atoms with Gasteiger partial charge in [0.15, 0.2) is 0 Å². The Morgan fingerprint density at radius 2 is 1.81 bits per heavy atom. The van der Waals surface area contributed by atoms with Crippen LogP contribution in [0.5, 0.6) is 0 Å². The predicted molar refractivity (Wildman–Crippen MR) is 84.1 cm³/mol. The highest BCUT2D eigenvalue weighted by atomic mass is 16.6. The molecule has 3 atom stereocenters. The first-order chi connectivity index (χ1) is 10.3. The van der Waals surface area contributed by atoms with E-state index in [4.69, 9.17) is 9.47 Å². The highest BCUT2D eigenvalue weighted by Crippen LogP contribution is 2.45. The van der Waals surface area contributed by atoms with Crippen LogP contribution in [0.3, 0.4) is 0 Å². The van der Waals surface area contributed by atoms with Crippen molar-refractivity contribution in [2.24, 2.45) is 17.8 Å². The van der Waals surface area contributed by atoms with Gasteiger partial charge in [-0.1, -0.05) is 46.0 Å². The molecule has 0 N–H and O–H groups in total. The van der Waals surface area contributed by atoms with E-state index < -0.39 is 0 Å². The number of carbonyl (C=O) groups is 1. The monoisotopic (exact) mass is 296 g/mol. The molecule has 2 aliphatic rings. The predicted octanol–water partition coefficient (Wildman–Crippen LogP) is 4.34. The van der Waals surface area contributed by atoms with Crippen molar-refractivity contribution in [3.63, 3.8) is 0 Å². The maximum atomic E-state index is 11.2. The van der Waals surface area contributed by atoms with Gasteiger partial charge in [-0.05, 0) is 37.0 Å². The number of ether oxygens (including phenoxy) is 2. The Morgan fingerprint density at radius 3 is 2.48 bits per heavy atom. The van der Waals surface area contributed by atoms with Crippen LogP contribution < -0.4 is 0 Å². The molecule has 0 amide bonds. The molecule has 2 aliphatic carbocycles. The lowest BCUT2D eigenvalue weighted by Crippen LogP contribution is -2.30. The third kappa shape index (κ3) is 4.70. The Morgan fingerprint density at radius 1 is 1.05 bits per heavy atom. The Hall–Kier alpha value is -0.570. The highest BCUT2D eigenvalue weighted by molar-refractivity contribution is 5.68. The van der Waals surface area contributed by atoms with Gasteiger partial charge in [0.1, 0.15) is 6.61 Å². The second kappa shape index (κ2) is 8.77. The molecule has 0 saturated heterocycles. The molecule has 2 rings (SSSR count). The fourth-order valence-electron chi connectivity index (χ4n) is 4.35. The zero-order valence-corrected chi connectivity index (χ0v) is 13.8. The summed E-state index contributed by atoms with van der Waals surface area (Å²) in [4.78, 5) is 11.2. The van der Waals surface area contributed by atoms with Gasteiger partial charge in [0.05, 0.1) is 12.7 Å². The van der Waals surface area contributed by atoms with Crippen molar-refractivity contribution in [3.8, 4) is 0 Å². The molecule has 0 aromatic rings. The third-order valence-corrected chi connectivity index (χ3v) is 5.37. The molecular weight excluding hydrogens is 264 g/mol. The lowest BCUT2D eigenvalue weighted by atomic mass is 9.85. The molecule has 3 heteroatoms. The number of rotatable bonds is 8. The van der Waals surface area contributed by atoms with Crippen molar-refractivity contribution in [1.29, 1.82) is 0 Å². The van der Waals surface area contributed by atoms with E-state index in [1.54, 1.807) is 0 Å². The van der Waals surface area contributed by atoms with Gasteiger partial charge in [0, 0.05) is 6.42 Å². The molecule has 0 bridgehead atoms. The highest BCUT2D eigenvalue weighted by Gasteiger charge is 2.41. The molecule has 0 radical (unpaired) electrons. The number of esters is 1. The van der Waals surface area contributed by atoms with E-state index in [1.807, 2.05) is 6.92 Å². The summed E-state index contributed by atoms with van der Waals surface area (Å²) in [5.74, 6) is 2.24. The van der Waals surface area contributed by atoms with Crippen LogP contribution in [0.15, 0.2) is 0 Å². The normalized spacial score (nSPS) is 29.9. The summed E-state index contributed by atoms with van der Waals surface area (Å²) in [5, 5.41) is 0. The van der Waals surface area contributed by atoms with E-state index in [-0.39, 0.29) is 5.97 Å². The van der Waals surface area contributed by atoms with Gasteiger partial charge in [-0.3, -0.25) is 4.79 Å². The van der Waals surface area contributed by atoms with E-state index in [0.29, 0.717) is 25.7 Å². The molecule has 0 spiro atoms. The van der Waals surface area contributed by atoms with Crippen molar-refractivity contribution in [2.75, 3.05) is 13.2 Å². The number of carbonyl (C=O) groups excluding carboxylic acids is 1. The fourth-order valence-corrected chi connectivity index (χ4v) is 4.35. The SMILES string of the molecule is CCCC1CCC(C2CCCC2)C1OCCOC(=O)CC. The zero-order chi connectivity index (χ0) is 15.1. The summed E-state index contributed by atoms with van der Waals surface area (Å²) in [6, 6.07) is 0. The number of hydrogen-bond acceptors (Lipinski definition) is 3. The Labute approximate surface area is 129 Å². The molecule has 3 nitrogen and oxygen atoms in total. The van der Waals surface area contributed by atoms with Gasteiger partial charge in [-0.15, -0.1) is 0 Å². The maximum absolute atomic E-state index is 11.2. The molecule has 122 valence electrons. The average Bonchev–Trinajstić information content (AvgIpc) is 3.13. The van der Waals surface area contributed by atoms with Crippen LogP contribution in [0.1, 0.15) is 71.6 Å². The number of hydrogen-bond donors (Lipinski definition) is 0. The lowest BCUT2D eigenvalue weighted by molar-refractivity contribution is -0.146. The van der Waals surface area contributed by atoms with E-state index in [9.17, 15) is 4.79 Å². The van der Waals surface area contributed by atoms with Crippen LogP contribution in [-0.2, 0) is 14.3 Å². The molecule has 0 heterocycles. The van der Waals surface area contributed by atoms with Crippen molar-refractivity contribution in [2.45, 2.75) is 77.7 Å². The standard InChI is InChI=1S/C18H32O3/c1-3-7-15-10-11-16(14-8-5-6-9-14)18(15)21-13-12-20-17(19)4-2/h14-16,18H,3-13H2,1-2H3. The Balaban J connectivity index is 1.82. The maximum Gasteiger partial charge on any atom is 0.305 e. The summed E-state index contributed by atoms with van der Waals surface area (Å²) < 4.78 is 11.4. The summed E-state index contributed by atoms with van der Waals surface area (Å²) in [6.45, 7) is 5.08. The van der Waals surface area contributed by atoms with E-state index in [1.165, 1.54) is 51.4 Å². The van der Waals surface area contributed by atoms with Crippen LogP contribution in [0.4, 0.5) is 0 Å². The second-order valence-corrected chi connectivity index (χ2v) is 6.74. The van der Waals surface area contributed by atoms with E-state index >= 15 is 0 Å². The van der Waals surface area contributed by atoms with Gasteiger partial charge < -0.3 is 9.47 Å². The first-order valence-electron chi connectivity index (χ1n) is 9.03. The molecule has 2 saturated carbocycles. The first kappa shape index (κ1) is 16.8. The Kier molecular flexibility index (Phi) is 7.01. The summed E-state index contributed by atoms with van der Waals surface area (Å²) in [5.41, 5.74) is 0. The topological polar surface area (TPSA) is 35.5 Å². The van der Waals surface area contributed by atoms with Crippen LogP contribution in [0.25, 0.3) is 0 Å². The van der Waals surface area contributed by atoms with Gasteiger partial charge in [0.25, 0.3) is 0 Å². The van der Waals surface area contributed by atoms with Crippen molar-refractivity contribution in [1.82, 2.24) is 0 Å². The van der Waals surface area contributed by atoms with Crippen LogP contribution in [0, 0.1) is 17.8 Å². The smallest absolute Gasteiger partial charge is 0.305 e. The first-order valence-corrected chi connectivity index (χ1v) is 9.03. The second-order valence-electron chi connectivity index (χ2n) is 6.74. The average molecular weight is 296 g/mol. The van der Waals surface area contributed by atoms with Gasteiger partial charge in [-0.2, -0.15) is 0 Å². The molecule has 2 fully saturated rings. The van der Waals surface area contributed by atoms with Crippen LogP contribution in [-0.4, -0.2) is 25.3 Å². The van der Waals surface area contributed by atoms with Crippen molar-refractivity contribution >= 4 is 5.97 Å². The molecule has 21 heavy (non-hydrogen) atoms. The Bertz CT molecular complexity index is 310. The molecule has 0 aromatic carbocycles. The minimum absolute atomic E-state index is 0.123. The van der Waals surface area contributed by atoms with Gasteiger partial charge in [-0.25, -0.2) is 0 Å². The third-order valence-electron chi connectivity index (χ3n) is 5.37. The zero-order valence-electron chi connectivity index (χ0n) is 13.8. The van der Waals surface area contributed by atoms with E-state index in [2.05, 4.69) is 6.92 Å². The van der Waals surface area contributed by atoms with Crippen LogP contribution in [0.2, 0.25) is 0 Å². The molecule has 0 aliphatic heterocycles. The largest absolute Gasteiger partial charge is 0.463 e. The minimum atomic E-state index is -0.123.